The average Bonchev–Trinajstić information content (AvgIpc) is 2.60. The topological polar surface area (TPSA) is 81.5 Å². The Hall–Kier alpha value is -2.60. The predicted octanol–water partition coefficient (Wildman–Crippen LogP) is 5.18. The number of nitro groups is 1. The Labute approximate surface area is 163 Å². The third-order valence-electron chi connectivity index (χ3n) is 4.46. The van der Waals surface area contributed by atoms with Crippen LogP contribution in [0.15, 0.2) is 30.3 Å². The summed E-state index contributed by atoms with van der Waals surface area (Å²) in [6, 6.07) is 7.72. The molecule has 0 fully saturated rings. The number of carbonyl (C=O) groups is 1. The second-order valence-corrected chi connectivity index (χ2v) is 7.13. The number of nitrogens with zero attached hydrogens (tertiary/aromatic N) is 1. The molecule has 1 amide bonds. The molecule has 0 bridgehead atoms. The predicted molar refractivity (Wildman–Crippen MR) is 106 cm³/mol. The van der Waals surface area contributed by atoms with Gasteiger partial charge in [0.1, 0.15) is 10.8 Å². The molecule has 2 aromatic carbocycles. The van der Waals surface area contributed by atoms with Crippen molar-refractivity contribution < 1.29 is 14.5 Å². The molecule has 1 N–H and O–H groups in total. The number of halogens is 1. The lowest BCUT2D eigenvalue weighted by Gasteiger charge is -2.21. The maximum Gasteiger partial charge on any atom is 0.288 e. The largest absolute Gasteiger partial charge is 0.496 e. The van der Waals surface area contributed by atoms with Gasteiger partial charge in [0.2, 0.25) is 0 Å². The molecule has 0 saturated carbocycles. The minimum absolute atomic E-state index is 0.00262. The molecule has 0 aliphatic carbocycles. The minimum atomic E-state index is -0.606. The molecule has 144 valence electrons. The van der Waals surface area contributed by atoms with Crippen LogP contribution < -0.4 is 10.1 Å². The van der Waals surface area contributed by atoms with E-state index in [1.54, 1.807) is 7.11 Å². The molecule has 0 aliphatic heterocycles. The summed E-state index contributed by atoms with van der Waals surface area (Å²) in [4.78, 5) is 23.0. The molecule has 0 aliphatic rings. The molecule has 0 saturated heterocycles. The number of hydrogen-bond donors (Lipinski definition) is 1. The zero-order valence-corrected chi connectivity index (χ0v) is 16.8. The van der Waals surface area contributed by atoms with Gasteiger partial charge in [0.25, 0.3) is 11.6 Å². The Balaban J connectivity index is 2.30. The van der Waals surface area contributed by atoms with Gasteiger partial charge in [0.15, 0.2) is 0 Å². The SMILES string of the molecule is COc1cc(C)c(C(C)NC(=O)c2ccc(Cl)c([N+](=O)[O-])c2)cc1C(C)C. The van der Waals surface area contributed by atoms with Crippen LogP contribution in [0.1, 0.15) is 59.8 Å². The monoisotopic (exact) mass is 390 g/mol. The smallest absolute Gasteiger partial charge is 0.288 e. The molecule has 1 atom stereocenters. The van der Waals surface area contributed by atoms with Crippen LogP contribution >= 0.6 is 11.6 Å². The lowest BCUT2D eigenvalue weighted by molar-refractivity contribution is -0.384. The summed E-state index contributed by atoms with van der Waals surface area (Å²) < 4.78 is 5.46. The Kier molecular flexibility index (Phi) is 6.44. The van der Waals surface area contributed by atoms with Crippen LogP contribution in [0, 0.1) is 17.0 Å². The first kappa shape index (κ1) is 20.7. The summed E-state index contributed by atoms with van der Waals surface area (Å²) in [6.45, 7) is 7.99. The van der Waals surface area contributed by atoms with E-state index in [0.29, 0.717) is 0 Å². The van der Waals surface area contributed by atoms with Crippen molar-refractivity contribution in [3.8, 4) is 5.75 Å². The maximum absolute atomic E-state index is 12.6. The molecule has 0 heterocycles. The zero-order chi connectivity index (χ0) is 20.3. The summed E-state index contributed by atoms with van der Waals surface area (Å²) in [6.07, 6.45) is 0. The molecule has 0 radical (unpaired) electrons. The molecule has 6 nitrogen and oxygen atoms in total. The zero-order valence-electron chi connectivity index (χ0n) is 16.0. The van der Waals surface area contributed by atoms with Crippen molar-refractivity contribution in [1.29, 1.82) is 0 Å². The van der Waals surface area contributed by atoms with Gasteiger partial charge in [0.05, 0.1) is 18.1 Å². The summed E-state index contributed by atoms with van der Waals surface area (Å²) >= 11 is 5.81. The van der Waals surface area contributed by atoms with Crippen molar-refractivity contribution in [3.63, 3.8) is 0 Å². The highest BCUT2D eigenvalue weighted by Gasteiger charge is 2.20. The van der Waals surface area contributed by atoms with E-state index in [9.17, 15) is 14.9 Å². The summed E-state index contributed by atoms with van der Waals surface area (Å²) in [5, 5.41) is 13.9. The van der Waals surface area contributed by atoms with E-state index in [2.05, 4.69) is 19.2 Å². The van der Waals surface area contributed by atoms with E-state index in [1.807, 2.05) is 26.0 Å². The van der Waals surface area contributed by atoms with Gasteiger partial charge in [-0.25, -0.2) is 0 Å². The lowest BCUT2D eigenvalue weighted by Crippen LogP contribution is -2.27. The molecule has 7 heteroatoms. The highest BCUT2D eigenvalue weighted by molar-refractivity contribution is 6.32. The van der Waals surface area contributed by atoms with Crippen LogP contribution in [0.2, 0.25) is 5.02 Å². The van der Waals surface area contributed by atoms with Gasteiger partial charge in [-0.15, -0.1) is 0 Å². The van der Waals surface area contributed by atoms with Gasteiger partial charge < -0.3 is 10.1 Å². The highest BCUT2D eigenvalue weighted by Crippen LogP contribution is 2.32. The quantitative estimate of drug-likeness (QED) is 0.544. The van der Waals surface area contributed by atoms with Crippen LogP contribution in [0.4, 0.5) is 5.69 Å². The molecule has 27 heavy (non-hydrogen) atoms. The van der Waals surface area contributed by atoms with Crippen molar-refractivity contribution >= 4 is 23.2 Å². The van der Waals surface area contributed by atoms with Crippen molar-refractivity contribution in [1.82, 2.24) is 5.32 Å². The minimum Gasteiger partial charge on any atom is -0.496 e. The van der Waals surface area contributed by atoms with Crippen LogP contribution in [-0.4, -0.2) is 17.9 Å². The second kappa shape index (κ2) is 8.39. The number of ether oxygens (including phenoxy) is 1. The molecule has 0 aromatic heterocycles. The first-order valence-electron chi connectivity index (χ1n) is 8.59. The number of benzene rings is 2. The van der Waals surface area contributed by atoms with E-state index < -0.39 is 10.8 Å². The van der Waals surface area contributed by atoms with Gasteiger partial charge in [0, 0.05) is 11.6 Å². The Morgan fingerprint density at radius 3 is 2.41 bits per heavy atom. The fourth-order valence-corrected chi connectivity index (χ4v) is 3.15. The lowest BCUT2D eigenvalue weighted by atomic mass is 9.93. The molecule has 1 unspecified atom stereocenters. The summed E-state index contributed by atoms with van der Waals surface area (Å²) in [7, 11) is 1.64. The standard InChI is InChI=1S/C20H23ClN2O4/c1-11(2)15-10-16(12(3)8-19(15)27-5)13(4)22-20(24)14-6-7-17(21)18(9-14)23(25)26/h6-11,13H,1-5H3,(H,22,24). The maximum atomic E-state index is 12.6. The van der Waals surface area contributed by atoms with E-state index in [4.69, 9.17) is 16.3 Å². The average molecular weight is 391 g/mol. The van der Waals surface area contributed by atoms with Crippen molar-refractivity contribution in [2.45, 2.75) is 39.7 Å². The molecular formula is C20H23ClN2O4. The third kappa shape index (κ3) is 4.57. The van der Waals surface area contributed by atoms with E-state index in [1.165, 1.54) is 18.2 Å². The number of nitrogens with one attached hydrogen (secondary N) is 1. The van der Waals surface area contributed by atoms with Gasteiger partial charge in [-0.1, -0.05) is 25.4 Å². The number of rotatable bonds is 6. The van der Waals surface area contributed by atoms with Crippen LogP contribution in [0.3, 0.4) is 0 Å². The third-order valence-corrected chi connectivity index (χ3v) is 4.78. The van der Waals surface area contributed by atoms with Crippen LogP contribution in [0.25, 0.3) is 0 Å². The number of hydrogen-bond acceptors (Lipinski definition) is 4. The molecule has 2 aromatic rings. The first-order chi connectivity index (χ1) is 12.6. The molecular weight excluding hydrogens is 368 g/mol. The summed E-state index contributed by atoms with van der Waals surface area (Å²) in [5.41, 5.74) is 2.91. The number of aryl methyl sites for hydroxylation is 1. The fourth-order valence-electron chi connectivity index (χ4n) is 2.96. The van der Waals surface area contributed by atoms with Gasteiger partial charge in [-0.3, -0.25) is 14.9 Å². The van der Waals surface area contributed by atoms with E-state index in [-0.39, 0.29) is 28.2 Å². The van der Waals surface area contributed by atoms with Gasteiger partial charge in [-0.2, -0.15) is 0 Å². The van der Waals surface area contributed by atoms with Crippen molar-refractivity contribution in [3.05, 3.63) is 67.7 Å². The summed E-state index contributed by atoms with van der Waals surface area (Å²) in [5.74, 6) is 0.683. The van der Waals surface area contributed by atoms with Crippen LogP contribution in [-0.2, 0) is 0 Å². The first-order valence-corrected chi connectivity index (χ1v) is 8.96. The van der Waals surface area contributed by atoms with E-state index >= 15 is 0 Å². The number of nitro benzene ring substituents is 1. The van der Waals surface area contributed by atoms with Crippen molar-refractivity contribution in [2.24, 2.45) is 0 Å². The Morgan fingerprint density at radius 2 is 1.85 bits per heavy atom. The highest BCUT2D eigenvalue weighted by atomic mass is 35.5. The number of carbonyl (C=O) groups excluding carboxylic acids is 1. The number of methoxy groups -OCH3 is 1. The van der Waals surface area contributed by atoms with Crippen molar-refractivity contribution in [2.75, 3.05) is 7.11 Å². The van der Waals surface area contributed by atoms with Gasteiger partial charge >= 0.3 is 0 Å². The number of amides is 1. The second-order valence-electron chi connectivity index (χ2n) is 6.72. The molecule has 0 spiro atoms. The van der Waals surface area contributed by atoms with E-state index in [0.717, 1.165) is 22.4 Å². The fraction of sp³-hybridized carbons (Fsp3) is 0.350. The Morgan fingerprint density at radius 1 is 1.19 bits per heavy atom. The molecule has 2 rings (SSSR count). The Bertz CT molecular complexity index is 881. The van der Waals surface area contributed by atoms with Gasteiger partial charge in [-0.05, 0) is 60.7 Å². The van der Waals surface area contributed by atoms with Crippen LogP contribution in [0.5, 0.6) is 5.75 Å². The normalized spacial score (nSPS) is 12.0.